The lowest BCUT2D eigenvalue weighted by molar-refractivity contribution is 0.199. The van der Waals surface area contributed by atoms with Crippen LogP contribution in [0.15, 0.2) is 42.5 Å². The molecule has 0 bridgehead atoms. The fourth-order valence-corrected chi connectivity index (χ4v) is 3.08. The highest BCUT2D eigenvalue weighted by Gasteiger charge is 2.20. The number of anilines is 2. The number of aryl methyl sites for hydroxylation is 1. The Bertz CT molecular complexity index is 624. The van der Waals surface area contributed by atoms with Gasteiger partial charge in [-0.3, -0.25) is 0 Å². The van der Waals surface area contributed by atoms with E-state index in [1.807, 2.05) is 18.2 Å². The molecule has 3 rings (SSSR count). The monoisotopic (exact) mass is 287 g/mol. The fourth-order valence-electron chi connectivity index (χ4n) is 2.79. The lowest BCUT2D eigenvalue weighted by Gasteiger charge is -2.32. The summed E-state index contributed by atoms with van der Waals surface area (Å²) in [6.07, 6.45) is 1.76. The van der Waals surface area contributed by atoms with E-state index in [0.29, 0.717) is 5.02 Å². The Hall–Kier alpha value is -1.51. The van der Waals surface area contributed by atoms with Crippen molar-refractivity contribution in [2.75, 3.05) is 11.4 Å². The number of para-hydroxylation sites is 1. The first-order valence-electron chi connectivity index (χ1n) is 7.00. The second-order valence-corrected chi connectivity index (χ2v) is 5.68. The van der Waals surface area contributed by atoms with Crippen molar-refractivity contribution in [2.24, 2.45) is 0 Å². The molecule has 0 saturated carbocycles. The van der Waals surface area contributed by atoms with E-state index in [0.717, 1.165) is 30.6 Å². The Morgan fingerprint density at radius 1 is 1.15 bits per heavy atom. The van der Waals surface area contributed by atoms with Crippen LogP contribution >= 0.6 is 11.6 Å². The highest BCUT2D eigenvalue weighted by Crippen LogP contribution is 2.37. The standard InChI is InChI=1S/C17H18ClNO/c1-12(20)14-8-9-17(15(18)11-14)19-10-4-6-13-5-2-3-7-16(13)19/h2-3,5,7-9,11-12,20H,4,6,10H2,1H3/t12-/m0/s1. The number of nitrogens with zero attached hydrogens (tertiary/aromatic N) is 1. The van der Waals surface area contributed by atoms with Crippen LogP contribution in [-0.2, 0) is 6.42 Å². The van der Waals surface area contributed by atoms with Crippen molar-refractivity contribution in [3.63, 3.8) is 0 Å². The smallest absolute Gasteiger partial charge is 0.0762 e. The normalized spacial score (nSPS) is 15.8. The van der Waals surface area contributed by atoms with Crippen LogP contribution in [0.2, 0.25) is 5.02 Å². The van der Waals surface area contributed by atoms with E-state index in [1.54, 1.807) is 6.92 Å². The van der Waals surface area contributed by atoms with Crippen LogP contribution in [0.25, 0.3) is 0 Å². The number of hydrogen-bond donors (Lipinski definition) is 1. The first-order chi connectivity index (χ1) is 9.66. The molecule has 0 unspecified atom stereocenters. The molecule has 20 heavy (non-hydrogen) atoms. The minimum Gasteiger partial charge on any atom is -0.389 e. The summed E-state index contributed by atoms with van der Waals surface area (Å²) in [5.74, 6) is 0. The summed E-state index contributed by atoms with van der Waals surface area (Å²) in [4.78, 5) is 2.27. The van der Waals surface area contributed by atoms with Crippen molar-refractivity contribution >= 4 is 23.0 Å². The van der Waals surface area contributed by atoms with E-state index in [9.17, 15) is 5.11 Å². The third-order valence-electron chi connectivity index (χ3n) is 3.86. The third kappa shape index (κ3) is 2.41. The van der Waals surface area contributed by atoms with Crippen molar-refractivity contribution in [1.82, 2.24) is 0 Å². The number of rotatable bonds is 2. The molecular formula is C17H18ClNO. The Kier molecular flexibility index (Phi) is 3.68. The maximum Gasteiger partial charge on any atom is 0.0762 e. The largest absolute Gasteiger partial charge is 0.389 e. The number of halogens is 1. The molecule has 1 heterocycles. The van der Waals surface area contributed by atoms with Crippen LogP contribution in [0.4, 0.5) is 11.4 Å². The fraction of sp³-hybridized carbons (Fsp3) is 0.294. The Balaban J connectivity index is 2.02. The molecule has 2 nitrogen and oxygen atoms in total. The number of benzene rings is 2. The molecule has 0 aromatic heterocycles. The maximum absolute atomic E-state index is 9.63. The van der Waals surface area contributed by atoms with Gasteiger partial charge in [-0.15, -0.1) is 0 Å². The molecule has 1 aliphatic rings. The quantitative estimate of drug-likeness (QED) is 0.880. The van der Waals surface area contributed by atoms with E-state index in [-0.39, 0.29) is 0 Å². The molecule has 1 N–H and O–H groups in total. The number of aliphatic hydroxyl groups is 1. The highest BCUT2D eigenvalue weighted by atomic mass is 35.5. The van der Waals surface area contributed by atoms with Gasteiger partial charge >= 0.3 is 0 Å². The number of hydrogen-bond acceptors (Lipinski definition) is 2. The Morgan fingerprint density at radius 2 is 1.95 bits per heavy atom. The Labute approximate surface area is 124 Å². The van der Waals surface area contributed by atoms with Crippen molar-refractivity contribution in [3.8, 4) is 0 Å². The molecule has 0 saturated heterocycles. The first kappa shape index (κ1) is 13.5. The molecule has 3 heteroatoms. The van der Waals surface area contributed by atoms with Crippen LogP contribution in [0, 0.1) is 0 Å². The lowest BCUT2D eigenvalue weighted by atomic mass is 10.0. The molecular weight excluding hydrogens is 270 g/mol. The van der Waals surface area contributed by atoms with Gasteiger partial charge in [0.2, 0.25) is 0 Å². The van der Waals surface area contributed by atoms with Crippen molar-refractivity contribution in [1.29, 1.82) is 0 Å². The summed E-state index contributed by atoms with van der Waals surface area (Å²) >= 11 is 6.42. The van der Waals surface area contributed by atoms with Gasteiger partial charge in [-0.2, -0.15) is 0 Å². The van der Waals surface area contributed by atoms with E-state index >= 15 is 0 Å². The average Bonchev–Trinajstić information content (AvgIpc) is 2.46. The molecule has 1 aliphatic heterocycles. The minimum atomic E-state index is -0.491. The molecule has 0 aliphatic carbocycles. The van der Waals surface area contributed by atoms with E-state index in [1.165, 1.54) is 11.3 Å². The van der Waals surface area contributed by atoms with E-state index in [2.05, 4.69) is 29.2 Å². The van der Waals surface area contributed by atoms with Crippen LogP contribution in [0.1, 0.15) is 30.6 Å². The van der Waals surface area contributed by atoms with Crippen LogP contribution in [0.5, 0.6) is 0 Å². The molecule has 0 fully saturated rings. The minimum absolute atomic E-state index is 0.491. The molecule has 0 amide bonds. The van der Waals surface area contributed by atoms with Gasteiger partial charge in [0.15, 0.2) is 0 Å². The van der Waals surface area contributed by atoms with Crippen LogP contribution in [0.3, 0.4) is 0 Å². The summed E-state index contributed by atoms with van der Waals surface area (Å²) in [5.41, 5.74) is 4.48. The van der Waals surface area contributed by atoms with Crippen molar-refractivity contribution < 1.29 is 5.11 Å². The summed E-state index contributed by atoms with van der Waals surface area (Å²) < 4.78 is 0. The van der Waals surface area contributed by atoms with Crippen molar-refractivity contribution in [2.45, 2.75) is 25.9 Å². The molecule has 0 radical (unpaired) electrons. The maximum atomic E-state index is 9.63. The third-order valence-corrected chi connectivity index (χ3v) is 4.16. The zero-order valence-corrected chi connectivity index (χ0v) is 12.3. The van der Waals surface area contributed by atoms with Gasteiger partial charge in [-0.05, 0) is 49.1 Å². The summed E-state index contributed by atoms with van der Waals surface area (Å²) in [6, 6.07) is 14.3. The zero-order chi connectivity index (χ0) is 14.1. The zero-order valence-electron chi connectivity index (χ0n) is 11.5. The Morgan fingerprint density at radius 3 is 2.70 bits per heavy atom. The van der Waals surface area contributed by atoms with Crippen LogP contribution in [-0.4, -0.2) is 11.7 Å². The van der Waals surface area contributed by atoms with Gasteiger partial charge in [0, 0.05) is 12.2 Å². The number of fused-ring (bicyclic) bond motifs is 1. The molecule has 0 spiro atoms. The van der Waals surface area contributed by atoms with E-state index in [4.69, 9.17) is 11.6 Å². The van der Waals surface area contributed by atoms with Crippen molar-refractivity contribution in [3.05, 3.63) is 58.6 Å². The van der Waals surface area contributed by atoms with E-state index < -0.39 is 6.10 Å². The second kappa shape index (κ2) is 5.47. The van der Waals surface area contributed by atoms with Gasteiger partial charge in [-0.25, -0.2) is 0 Å². The van der Waals surface area contributed by atoms with Crippen LogP contribution < -0.4 is 4.90 Å². The lowest BCUT2D eigenvalue weighted by Crippen LogP contribution is -2.24. The first-order valence-corrected chi connectivity index (χ1v) is 7.37. The molecule has 2 aromatic rings. The van der Waals surface area contributed by atoms with Gasteiger partial charge in [-0.1, -0.05) is 35.9 Å². The van der Waals surface area contributed by atoms with Gasteiger partial charge in [0.1, 0.15) is 0 Å². The van der Waals surface area contributed by atoms with Gasteiger partial charge in [0.05, 0.1) is 16.8 Å². The van der Waals surface area contributed by atoms with Gasteiger partial charge in [0.25, 0.3) is 0 Å². The summed E-state index contributed by atoms with van der Waals surface area (Å²) in [5, 5.41) is 10.3. The van der Waals surface area contributed by atoms with Gasteiger partial charge < -0.3 is 10.0 Å². The average molecular weight is 288 g/mol. The highest BCUT2D eigenvalue weighted by molar-refractivity contribution is 6.33. The second-order valence-electron chi connectivity index (χ2n) is 5.27. The predicted octanol–water partition coefficient (Wildman–Crippen LogP) is 4.48. The molecule has 104 valence electrons. The summed E-state index contributed by atoms with van der Waals surface area (Å²) in [6.45, 7) is 2.73. The predicted molar refractivity (Wildman–Crippen MR) is 83.9 cm³/mol. The number of aliphatic hydroxyl groups excluding tert-OH is 1. The molecule has 1 atom stereocenters. The molecule has 2 aromatic carbocycles. The SMILES string of the molecule is C[C@H](O)c1ccc(N2CCCc3ccccc32)c(Cl)c1. The summed E-state index contributed by atoms with van der Waals surface area (Å²) in [7, 11) is 0. The topological polar surface area (TPSA) is 23.5 Å².